The number of ether oxygens (including phenoxy) is 1. The zero-order chi connectivity index (χ0) is 14.8. The Morgan fingerprint density at radius 1 is 1.14 bits per heavy atom. The summed E-state index contributed by atoms with van der Waals surface area (Å²) < 4.78 is 5.17. The molecule has 21 heavy (non-hydrogen) atoms. The van der Waals surface area contributed by atoms with Crippen LogP contribution in [0, 0.1) is 0 Å². The third-order valence-corrected chi connectivity index (χ3v) is 3.84. The Morgan fingerprint density at radius 2 is 1.86 bits per heavy atom. The van der Waals surface area contributed by atoms with Crippen molar-refractivity contribution in [1.29, 1.82) is 0 Å². The first-order valence-electron chi connectivity index (χ1n) is 6.92. The SMILES string of the molecule is COc1ccc(CN2Cc3ccc(C(N)=O)cc3C2)cc1. The highest BCUT2D eigenvalue weighted by Crippen LogP contribution is 2.25. The molecule has 1 aliphatic rings. The average Bonchev–Trinajstić information content (AvgIpc) is 2.89. The fourth-order valence-corrected chi connectivity index (χ4v) is 2.72. The summed E-state index contributed by atoms with van der Waals surface area (Å²) in [5.41, 5.74) is 9.63. The first-order chi connectivity index (χ1) is 10.2. The molecule has 4 nitrogen and oxygen atoms in total. The van der Waals surface area contributed by atoms with Crippen molar-refractivity contribution in [3.05, 3.63) is 64.7 Å². The first-order valence-corrected chi connectivity index (χ1v) is 6.92. The number of methoxy groups -OCH3 is 1. The number of fused-ring (bicyclic) bond motifs is 1. The van der Waals surface area contributed by atoms with Crippen molar-refractivity contribution in [1.82, 2.24) is 4.90 Å². The van der Waals surface area contributed by atoms with Gasteiger partial charge in [0.15, 0.2) is 0 Å². The fraction of sp³-hybridized carbons (Fsp3) is 0.235. The molecule has 0 atom stereocenters. The Hall–Kier alpha value is -2.33. The second-order valence-corrected chi connectivity index (χ2v) is 5.34. The summed E-state index contributed by atoms with van der Waals surface area (Å²) in [5, 5.41) is 0. The molecule has 108 valence electrons. The van der Waals surface area contributed by atoms with Gasteiger partial charge >= 0.3 is 0 Å². The maximum absolute atomic E-state index is 11.2. The molecule has 3 rings (SSSR count). The van der Waals surface area contributed by atoms with Crippen molar-refractivity contribution < 1.29 is 9.53 Å². The lowest BCUT2D eigenvalue weighted by atomic mass is 10.1. The van der Waals surface area contributed by atoms with Crippen LogP contribution in [0.3, 0.4) is 0 Å². The van der Waals surface area contributed by atoms with Crippen molar-refractivity contribution in [2.75, 3.05) is 7.11 Å². The molecule has 0 saturated carbocycles. The van der Waals surface area contributed by atoms with Gasteiger partial charge in [0.25, 0.3) is 0 Å². The molecule has 0 aliphatic carbocycles. The van der Waals surface area contributed by atoms with E-state index in [4.69, 9.17) is 10.5 Å². The number of carbonyl (C=O) groups excluding carboxylic acids is 1. The van der Waals surface area contributed by atoms with Gasteiger partial charge in [-0.1, -0.05) is 18.2 Å². The van der Waals surface area contributed by atoms with Gasteiger partial charge in [0.2, 0.25) is 5.91 Å². The molecule has 2 aromatic carbocycles. The molecule has 2 N–H and O–H groups in total. The van der Waals surface area contributed by atoms with E-state index in [1.807, 2.05) is 24.3 Å². The fourth-order valence-electron chi connectivity index (χ4n) is 2.72. The molecular weight excluding hydrogens is 264 g/mol. The smallest absolute Gasteiger partial charge is 0.248 e. The van der Waals surface area contributed by atoms with Crippen molar-refractivity contribution in [3.8, 4) is 5.75 Å². The zero-order valence-electron chi connectivity index (χ0n) is 12.0. The second kappa shape index (κ2) is 5.58. The normalized spacial score (nSPS) is 14.0. The Morgan fingerprint density at radius 3 is 2.52 bits per heavy atom. The zero-order valence-corrected chi connectivity index (χ0v) is 12.0. The third-order valence-electron chi connectivity index (χ3n) is 3.84. The van der Waals surface area contributed by atoms with Crippen LogP contribution in [0.25, 0.3) is 0 Å². The molecule has 1 amide bonds. The van der Waals surface area contributed by atoms with Gasteiger partial charge in [0.1, 0.15) is 5.75 Å². The molecular formula is C17H18N2O2. The largest absolute Gasteiger partial charge is 0.497 e. The van der Waals surface area contributed by atoms with E-state index < -0.39 is 0 Å². The second-order valence-electron chi connectivity index (χ2n) is 5.34. The molecule has 2 aromatic rings. The van der Waals surface area contributed by atoms with Crippen LogP contribution >= 0.6 is 0 Å². The van der Waals surface area contributed by atoms with Crippen molar-refractivity contribution in [2.45, 2.75) is 19.6 Å². The molecule has 0 radical (unpaired) electrons. The van der Waals surface area contributed by atoms with Crippen molar-refractivity contribution in [3.63, 3.8) is 0 Å². The molecule has 1 heterocycles. The number of rotatable bonds is 4. The minimum atomic E-state index is -0.369. The van der Waals surface area contributed by atoms with Crippen molar-refractivity contribution >= 4 is 5.91 Å². The van der Waals surface area contributed by atoms with E-state index in [9.17, 15) is 4.79 Å². The van der Waals surface area contributed by atoms with Gasteiger partial charge in [-0.05, 0) is 41.0 Å². The summed E-state index contributed by atoms with van der Waals surface area (Å²) >= 11 is 0. The number of hydrogen-bond acceptors (Lipinski definition) is 3. The standard InChI is InChI=1S/C17H18N2O2/c1-21-16-6-2-12(3-7-16)9-19-10-14-5-4-13(17(18)20)8-15(14)11-19/h2-8H,9-11H2,1H3,(H2,18,20). The number of benzene rings is 2. The molecule has 0 aromatic heterocycles. The maximum atomic E-state index is 11.2. The summed E-state index contributed by atoms with van der Waals surface area (Å²) in [4.78, 5) is 13.6. The van der Waals surface area contributed by atoms with Gasteiger partial charge < -0.3 is 10.5 Å². The van der Waals surface area contributed by atoms with E-state index >= 15 is 0 Å². The van der Waals surface area contributed by atoms with Gasteiger partial charge in [0.05, 0.1) is 7.11 Å². The lowest BCUT2D eigenvalue weighted by Gasteiger charge is -2.14. The summed E-state index contributed by atoms with van der Waals surface area (Å²) in [6, 6.07) is 13.8. The van der Waals surface area contributed by atoms with Crippen LogP contribution in [-0.2, 0) is 19.6 Å². The van der Waals surface area contributed by atoms with Crippen LogP contribution in [0.5, 0.6) is 5.75 Å². The molecule has 0 spiro atoms. The molecule has 0 bridgehead atoms. The number of primary amides is 1. The van der Waals surface area contributed by atoms with Gasteiger partial charge in [0, 0.05) is 25.2 Å². The first kappa shape index (κ1) is 13.6. The quantitative estimate of drug-likeness (QED) is 0.936. The Kier molecular flexibility index (Phi) is 3.62. The predicted octanol–water partition coefficient (Wildman–Crippen LogP) is 2.31. The highest BCUT2D eigenvalue weighted by Gasteiger charge is 2.19. The Labute approximate surface area is 124 Å². The molecule has 1 aliphatic heterocycles. The van der Waals surface area contributed by atoms with E-state index in [1.165, 1.54) is 16.7 Å². The maximum Gasteiger partial charge on any atom is 0.248 e. The van der Waals surface area contributed by atoms with Crippen LogP contribution in [0.15, 0.2) is 42.5 Å². The topological polar surface area (TPSA) is 55.6 Å². The van der Waals surface area contributed by atoms with Crippen LogP contribution in [0.1, 0.15) is 27.0 Å². The molecule has 0 saturated heterocycles. The monoisotopic (exact) mass is 282 g/mol. The molecule has 0 fully saturated rings. The van der Waals surface area contributed by atoms with Crippen LogP contribution in [-0.4, -0.2) is 17.9 Å². The van der Waals surface area contributed by atoms with Crippen LogP contribution < -0.4 is 10.5 Å². The summed E-state index contributed by atoms with van der Waals surface area (Å²) in [6.07, 6.45) is 0. The molecule has 4 heteroatoms. The lowest BCUT2D eigenvalue weighted by Crippen LogP contribution is -2.15. The average molecular weight is 282 g/mol. The van der Waals surface area contributed by atoms with Gasteiger partial charge in [-0.2, -0.15) is 0 Å². The molecule has 0 unspecified atom stereocenters. The highest BCUT2D eigenvalue weighted by atomic mass is 16.5. The summed E-state index contributed by atoms with van der Waals surface area (Å²) in [7, 11) is 1.67. The number of amides is 1. The van der Waals surface area contributed by atoms with Crippen LogP contribution in [0.4, 0.5) is 0 Å². The van der Waals surface area contributed by atoms with Gasteiger partial charge in [-0.3, -0.25) is 9.69 Å². The van der Waals surface area contributed by atoms with E-state index in [2.05, 4.69) is 17.0 Å². The van der Waals surface area contributed by atoms with E-state index in [1.54, 1.807) is 13.2 Å². The minimum absolute atomic E-state index is 0.369. The highest BCUT2D eigenvalue weighted by molar-refractivity contribution is 5.93. The van der Waals surface area contributed by atoms with Gasteiger partial charge in [-0.25, -0.2) is 0 Å². The van der Waals surface area contributed by atoms with E-state index in [0.29, 0.717) is 5.56 Å². The number of carbonyl (C=O) groups is 1. The Bertz CT molecular complexity index is 665. The van der Waals surface area contributed by atoms with Crippen LogP contribution in [0.2, 0.25) is 0 Å². The van der Waals surface area contributed by atoms with Gasteiger partial charge in [-0.15, -0.1) is 0 Å². The summed E-state index contributed by atoms with van der Waals surface area (Å²) in [5.74, 6) is 0.501. The number of nitrogens with zero attached hydrogens (tertiary/aromatic N) is 1. The number of nitrogens with two attached hydrogens (primary N) is 1. The van der Waals surface area contributed by atoms with E-state index in [-0.39, 0.29) is 5.91 Å². The minimum Gasteiger partial charge on any atom is -0.497 e. The third kappa shape index (κ3) is 2.90. The lowest BCUT2D eigenvalue weighted by molar-refractivity contribution is 0.1000. The summed E-state index contributed by atoms with van der Waals surface area (Å²) in [6.45, 7) is 2.63. The van der Waals surface area contributed by atoms with E-state index in [0.717, 1.165) is 25.4 Å². The van der Waals surface area contributed by atoms with Crippen molar-refractivity contribution in [2.24, 2.45) is 5.73 Å². The predicted molar refractivity (Wildman–Crippen MR) is 80.9 cm³/mol. The number of hydrogen-bond donors (Lipinski definition) is 1. The Balaban J connectivity index is 1.70.